The lowest BCUT2D eigenvalue weighted by Gasteiger charge is -2.23. The summed E-state index contributed by atoms with van der Waals surface area (Å²) in [5.74, 6) is -1.08. The van der Waals surface area contributed by atoms with Gasteiger partial charge < -0.3 is 20.8 Å². The van der Waals surface area contributed by atoms with E-state index in [1.165, 1.54) is 6.08 Å². The number of nitrogen functional groups attached to an aromatic ring is 1. The monoisotopic (exact) mass is 407 g/mol. The zero-order chi connectivity index (χ0) is 22.3. The molecule has 6 heteroatoms. The van der Waals surface area contributed by atoms with Crippen LogP contribution >= 0.6 is 0 Å². The second-order valence-electron chi connectivity index (χ2n) is 6.79. The fourth-order valence-corrected chi connectivity index (χ4v) is 3.49. The number of carboxylic acids is 1. The number of aromatic hydroxyl groups is 1. The quantitative estimate of drug-likeness (QED) is 0.213. The van der Waals surface area contributed by atoms with Gasteiger partial charge in [0, 0.05) is 47.6 Å². The maximum atomic E-state index is 11.0. The average molecular weight is 408 g/mol. The van der Waals surface area contributed by atoms with E-state index in [1.807, 2.05) is 31.2 Å². The number of hydrogen-bond acceptors (Lipinski definition) is 4. The third-order valence-electron chi connectivity index (χ3n) is 4.98. The molecule has 6 nitrogen and oxygen atoms in total. The zero-order valence-electron chi connectivity index (χ0n) is 17.6. The van der Waals surface area contributed by atoms with E-state index in [0.29, 0.717) is 28.7 Å². The fraction of sp³-hybridized carbons (Fsp3) is 0.250. The molecule has 0 aliphatic carbocycles. The largest absolute Gasteiger partial charge is 0.507 e. The lowest BCUT2D eigenvalue weighted by Crippen LogP contribution is -2.21. The molecule has 0 unspecified atom stereocenters. The SMILES string of the molecule is CC=CCc1c(C=CC(=O)O)ccc(C(=N)N)c1-c1ccc(N(CC)CC)cc1O. The highest BCUT2D eigenvalue weighted by Crippen LogP contribution is 2.39. The second kappa shape index (κ2) is 10.3. The summed E-state index contributed by atoms with van der Waals surface area (Å²) in [6, 6.07) is 8.92. The van der Waals surface area contributed by atoms with Gasteiger partial charge in [0.05, 0.1) is 0 Å². The number of nitrogens with two attached hydrogens (primary N) is 1. The number of amidine groups is 1. The van der Waals surface area contributed by atoms with Crippen molar-refractivity contribution in [3.8, 4) is 16.9 Å². The number of allylic oxidation sites excluding steroid dienone is 2. The first kappa shape index (κ1) is 22.7. The van der Waals surface area contributed by atoms with Gasteiger partial charge in [-0.3, -0.25) is 5.41 Å². The number of nitrogens with zero attached hydrogens (tertiary/aromatic N) is 1. The highest BCUT2D eigenvalue weighted by Gasteiger charge is 2.19. The van der Waals surface area contributed by atoms with E-state index >= 15 is 0 Å². The molecule has 0 amide bonds. The summed E-state index contributed by atoms with van der Waals surface area (Å²) in [6.45, 7) is 7.63. The molecule has 0 fully saturated rings. The van der Waals surface area contributed by atoms with Crippen molar-refractivity contribution in [2.75, 3.05) is 18.0 Å². The maximum Gasteiger partial charge on any atom is 0.328 e. The van der Waals surface area contributed by atoms with Crippen LogP contribution in [0.5, 0.6) is 5.75 Å². The van der Waals surface area contributed by atoms with Crippen LogP contribution in [0, 0.1) is 5.41 Å². The summed E-state index contributed by atoms with van der Waals surface area (Å²) in [7, 11) is 0. The van der Waals surface area contributed by atoms with Crippen molar-refractivity contribution in [3.05, 3.63) is 65.3 Å². The van der Waals surface area contributed by atoms with E-state index in [9.17, 15) is 9.90 Å². The molecule has 0 atom stereocenters. The van der Waals surface area contributed by atoms with Crippen molar-refractivity contribution in [1.82, 2.24) is 0 Å². The predicted molar refractivity (Wildman–Crippen MR) is 123 cm³/mol. The molecule has 2 rings (SSSR count). The summed E-state index contributed by atoms with van der Waals surface area (Å²) in [4.78, 5) is 13.2. The Kier molecular flexibility index (Phi) is 7.81. The molecule has 0 saturated carbocycles. The van der Waals surface area contributed by atoms with Gasteiger partial charge in [-0.15, -0.1) is 0 Å². The first-order chi connectivity index (χ1) is 14.3. The Morgan fingerprint density at radius 1 is 1.20 bits per heavy atom. The van der Waals surface area contributed by atoms with Crippen molar-refractivity contribution < 1.29 is 15.0 Å². The van der Waals surface area contributed by atoms with E-state index in [-0.39, 0.29) is 11.6 Å². The van der Waals surface area contributed by atoms with Crippen LogP contribution in [0.15, 0.2) is 48.6 Å². The molecule has 0 aliphatic heterocycles. The summed E-state index contributed by atoms with van der Waals surface area (Å²) in [5.41, 5.74) is 9.94. The number of nitrogens with one attached hydrogen (secondary N) is 1. The molecular weight excluding hydrogens is 378 g/mol. The molecule has 2 aromatic rings. The molecule has 0 bridgehead atoms. The summed E-state index contributed by atoms with van der Waals surface area (Å²) >= 11 is 0. The smallest absolute Gasteiger partial charge is 0.328 e. The summed E-state index contributed by atoms with van der Waals surface area (Å²) in [5, 5.41) is 28.0. The van der Waals surface area contributed by atoms with Gasteiger partial charge in [-0.2, -0.15) is 0 Å². The van der Waals surface area contributed by atoms with Crippen LogP contribution in [-0.4, -0.2) is 35.1 Å². The van der Waals surface area contributed by atoms with Crippen molar-refractivity contribution in [2.45, 2.75) is 27.2 Å². The van der Waals surface area contributed by atoms with Crippen LogP contribution in [0.3, 0.4) is 0 Å². The van der Waals surface area contributed by atoms with Crippen LogP contribution in [0.1, 0.15) is 37.5 Å². The minimum absolute atomic E-state index is 0.0861. The first-order valence-electron chi connectivity index (χ1n) is 9.94. The zero-order valence-corrected chi connectivity index (χ0v) is 17.6. The number of anilines is 1. The van der Waals surface area contributed by atoms with E-state index in [0.717, 1.165) is 30.4 Å². The van der Waals surface area contributed by atoms with Crippen molar-refractivity contribution in [2.24, 2.45) is 5.73 Å². The Hall–Kier alpha value is -3.54. The Bertz CT molecular complexity index is 989. The molecular formula is C24H29N3O3. The third-order valence-corrected chi connectivity index (χ3v) is 4.98. The first-order valence-corrected chi connectivity index (χ1v) is 9.94. The number of carboxylic acid groups (broad SMARTS) is 1. The highest BCUT2D eigenvalue weighted by molar-refractivity contribution is 6.04. The lowest BCUT2D eigenvalue weighted by atomic mass is 9.87. The Balaban J connectivity index is 2.79. The third kappa shape index (κ3) is 5.08. The number of carbonyl (C=O) groups is 1. The summed E-state index contributed by atoms with van der Waals surface area (Å²) < 4.78 is 0. The van der Waals surface area contributed by atoms with Gasteiger partial charge in [-0.05, 0) is 56.5 Å². The normalized spacial score (nSPS) is 11.3. The van der Waals surface area contributed by atoms with Gasteiger partial charge in [-0.1, -0.05) is 24.3 Å². The number of hydrogen-bond donors (Lipinski definition) is 4. The minimum Gasteiger partial charge on any atom is -0.507 e. The molecule has 0 saturated heterocycles. The molecule has 158 valence electrons. The Morgan fingerprint density at radius 2 is 1.90 bits per heavy atom. The molecule has 5 N–H and O–H groups in total. The topological polar surface area (TPSA) is 111 Å². The van der Waals surface area contributed by atoms with Crippen molar-refractivity contribution in [1.29, 1.82) is 5.41 Å². The van der Waals surface area contributed by atoms with Gasteiger partial charge >= 0.3 is 5.97 Å². The van der Waals surface area contributed by atoms with Gasteiger partial charge in [-0.25, -0.2) is 4.79 Å². The standard InChI is InChI=1S/C24H29N3O3/c1-4-7-8-18-16(10-14-22(29)30)9-12-20(24(25)26)23(18)19-13-11-17(15-21(19)28)27(5-2)6-3/h4,7,9-15,28H,5-6,8H2,1-3H3,(H3,25,26)(H,29,30). The predicted octanol–water partition coefficient (Wildman–Crippen LogP) is 4.41. The number of rotatable bonds is 9. The van der Waals surface area contributed by atoms with E-state index in [2.05, 4.69) is 18.7 Å². The number of phenolic OH excluding ortho intramolecular Hbond substituents is 1. The molecule has 0 heterocycles. The van der Waals surface area contributed by atoms with Crippen LogP contribution in [-0.2, 0) is 11.2 Å². The average Bonchev–Trinajstić information content (AvgIpc) is 2.71. The fourth-order valence-electron chi connectivity index (χ4n) is 3.49. The molecule has 30 heavy (non-hydrogen) atoms. The number of aliphatic carboxylic acids is 1. The highest BCUT2D eigenvalue weighted by atomic mass is 16.4. The molecule has 0 spiro atoms. The molecule has 0 aromatic heterocycles. The van der Waals surface area contributed by atoms with E-state index in [1.54, 1.807) is 18.2 Å². The van der Waals surface area contributed by atoms with Gasteiger partial charge in [0.1, 0.15) is 11.6 Å². The second-order valence-corrected chi connectivity index (χ2v) is 6.79. The molecule has 0 aliphatic rings. The molecule has 2 aromatic carbocycles. The van der Waals surface area contributed by atoms with Crippen molar-refractivity contribution in [3.63, 3.8) is 0 Å². The lowest BCUT2D eigenvalue weighted by molar-refractivity contribution is -0.131. The van der Waals surface area contributed by atoms with E-state index < -0.39 is 5.97 Å². The van der Waals surface area contributed by atoms with Gasteiger partial charge in [0.25, 0.3) is 0 Å². The van der Waals surface area contributed by atoms with Gasteiger partial charge in [0.2, 0.25) is 0 Å². The Morgan fingerprint density at radius 3 is 2.43 bits per heavy atom. The maximum absolute atomic E-state index is 11.0. The van der Waals surface area contributed by atoms with E-state index in [4.69, 9.17) is 16.2 Å². The summed E-state index contributed by atoms with van der Waals surface area (Å²) in [6.07, 6.45) is 6.95. The van der Waals surface area contributed by atoms with Gasteiger partial charge in [0.15, 0.2) is 0 Å². The Labute approximate surface area is 177 Å². The van der Waals surface area contributed by atoms with Crippen LogP contribution in [0.2, 0.25) is 0 Å². The number of benzene rings is 2. The van der Waals surface area contributed by atoms with Crippen LogP contribution < -0.4 is 10.6 Å². The van der Waals surface area contributed by atoms with Crippen molar-refractivity contribution >= 4 is 23.6 Å². The molecule has 0 radical (unpaired) electrons. The van der Waals surface area contributed by atoms with Crippen LogP contribution in [0.4, 0.5) is 5.69 Å². The minimum atomic E-state index is -1.05. The number of phenols is 1. The van der Waals surface area contributed by atoms with Crippen LogP contribution in [0.25, 0.3) is 17.2 Å².